The Morgan fingerprint density at radius 2 is 2.21 bits per heavy atom. The second-order valence-corrected chi connectivity index (χ2v) is 3.39. The predicted molar refractivity (Wildman–Crippen MR) is 62.6 cm³/mol. The lowest BCUT2D eigenvalue weighted by Gasteiger charge is -2.10. The van der Waals surface area contributed by atoms with Gasteiger partial charge in [0.1, 0.15) is 0 Å². The Morgan fingerprint density at radius 1 is 1.43 bits per heavy atom. The first-order valence-corrected chi connectivity index (χ1v) is 5.00. The van der Waals surface area contributed by atoms with Gasteiger partial charge in [-0.25, -0.2) is 0 Å². The highest BCUT2D eigenvalue weighted by molar-refractivity contribution is 5.85. The molecule has 2 N–H and O–H groups in total. The molecule has 0 bridgehead atoms. The standard InChI is InChI=1S/C11H18N2.ClH/c1-2-3-4-7-11(12)10-6-5-8-13-9-10;/h5-6,8-9,11H,2-4,7,12H2,1H3;1H/t11-;/m0./s1. The zero-order valence-corrected chi connectivity index (χ0v) is 9.46. The van der Waals surface area contributed by atoms with Crippen molar-refractivity contribution in [1.82, 2.24) is 4.98 Å². The van der Waals surface area contributed by atoms with Crippen LogP contribution in [0, 0.1) is 0 Å². The Bertz CT molecular complexity index is 226. The first-order valence-electron chi connectivity index (χ1n) is 5.00. The van der Waals surface area contributed by atoms with Crippen LogP contribution < -0.4 is 5.73 Å². The van der Waals surface area contributed by atoms with Gasteiger partial charge in [-0.05, 0) is 18.1 Å². The van der Waals surface area contributed by atoms with E-state index in [0.29, 0.717) is 0 Å². The third kappa shape index (κ3) is 4.58. The Labute approximate surface area is 92.3 Å². The minimum Gasteiger partial charge on any atom is -0.324 e. The number of hydrogen-bond donors (Lipinski definition) is 1. The Balaban J connectivity index is 0.00000169. The van der Waals surface area contributed by atoms with Crippen molar-refractivity contribution in [2.45, 2.75) is 38.6 Å². The molecule has 0 saturated heterocycles. The molecule has 0 aliphatic rings. The summed E-state index contributed by atoms with van der Waals surface area (Å²) >= 11 is 0. The fourth-order valence-electron chi connectivity index (χ4n) is 1.38. The van der Waals surface area contributed by atoms with Gasteiger partial charge in [0.05, 0.1) is 0 Å². The van der Waals surface area contributed by atoms with Gasteiger partial charge in [0.2, 0.25) is 0 Å². The van der Waals surface area contributed by atoms with Crippen LogP contribution >= 0.6 is 12.4 Å². The maximum absolute atomic E-state index is 6.00. The molecule has 0 saturated carbocycles. The number of pyridine rings is 1. The number of nitrogens with zero attached hydrogens (tertiary/aromatic N) is 1. The van der Waals surface area contributed by atoms with Crippen molar-refractivity contribution in [3.8, 4) is 0 Å². The fourth-order valence-corrected chi connectivity index (χ4v) is 1.38. The maximum Gasteiger partial charge on any atom is 0.0315 e. The van der Waals surface area contributed by atoms with Crippen LogP contribution in [0.25, 0.3) is 0 Å². The summed E-state index contributed by atoms with van der Waals surface area (Å²) < 4.78 is 0. The molecule has 14 heavy (non-hydrogen) atoms. The van der Waals surface area contributed by atoms with Crippen LogP contribution in [0.2, 0.25) is 0 Å². The summed E-state index contributed by atoms with van der Waals surface area (Å²) in [5.41, 5.74) is 7.15. The number of halogens is 1. The lowest BCUT2D eigenvalue weighted by molar-refractivity contribution is 0.580. The third-order valence-corrected chi connectivity index (χ3v) is 2.23. The molecule has 80 valence electrons. The average molecular weight is 215 g/mol. The summed E-state index contributed by atoms with van der Waals surface area (Å²) in [4.78, 5) is 4.05. The monoisotopic (exact) mass is 214 g/mol. The van der Waals surface area contributed by atoms with E-state index in [4.69, 9.17) is 5.73 Å². The highest BCUT2D eigenvalue weighted by Gasteiger charge is 2.03. The largest absolute Gasteiger partial charge is 0.324 e. The van der Waals surface area contributed by atoms with Gasteiger partial charge in [-0.1, -0.05) is 32.3 Å². The second kappa shape index (κ2) is 7.77. The van der Waals surface area contributed by atoms with Gasteiger partial charge in [-0.3, -0.25) is 4.98 Å². The zero-order chi connectivity index (χ0) is 9.52. The SMILES string of the molecule is CCCCC[C@H](N)c1cccnc1.Cl. The first kappa shape index (κ1) is 13.4. The van der Waals surface area contributed by atoms with Crippen LogP contribution in [-0.4, -0.2) is 4.98 Å². The van der Waals surface area contributed by atoms with Gasteiger partial charge >= 0.3 is 0 Å². The molecule has 3 heteroatoms. The van der Waals surface area contributed by atoms with Crippen molar-refractivity contribution < 1.29 is 0 Å². The van der Waals surface area contributed by atoms with Gasteiger partial charge in [0.15, 0.2) is 0 Å². The molecule has 0 fully saturated rings. The summed E-state index contributed by atoms with van der Waals surface area (Å²) in [6.07, 6.45) is 8.44. The number of unbranched alkanes of at least 4 members (excludes halogenated alkanes) is 2. The van der Waals surface area contributed by atoms with Gasteiger partial charge in [-0.2, -0.15) is 0 Å². The molecule has 0 aliphatic carbocycles. The van der Waals surface area contributed by atoms with Crippen LogP contribution in [-0.2, 0) is 0 Å². The Kier molecular flexibility index (Phi) is 7.44. The van der Waals surface area contributed by atoms with E-state index in [0.717, 1.165) is 12.0 Å². The van der Waals surface area contributed by atoms with Gasteiger partial charge in [0, 0.05) is 18.4 Å². The van der Waals surface area contributed by atoms with Gasteiger partial charge in [-0.15, -0.1) is 12.4 Å². The normalized spacial score (nSPS) is 11.9. The van der Waals surface area contributed by atoms with Crippen LogP contribution in [0.1, 0.15) is 44.2 Å². The summed E-state index contributed by atoms with van der Waals surface area (Å²) in [6.45, 7) is 2.20. The second-order valence-electron chi connectivity index (χ2n) is 3.39. The maximum atomic E-state index is 6.00. The highest BCUT2D eigenvalue weighted by atomic mass is 35.5. The molecule has 1 heterocycles. The van der Waals surface area contributed by atoms with E-state index < -0.39 is 0 Å². The van der Waals surface area contributed by atoms with E-state index >= 15 is 0 Å². The van der Waals surface area contributed by atoms with E-state index in [2.05, 4.69) is 11.9 Å². The van der Waals surface area contributed by atoms with Crippen molar-refractivity contribution in [2.75, 3.05) is 0 Å². The molecule has 0 spiro atoms. The van der Waals surface area contributed by atoms with Crippen LogP contribution in [0.3, 0.4) is 0 Å². The summed E-state index contributed by atoms with van der Waals surface area (Å²) in [5, 5.41) is 0. The number of hydrogen-bond acceptors (Lipinski definition) is 2. The highest BCUT2D eigenvalue weighted by Crippen LogP contribution is 2.15. The molecule has 2 nitrogen and oxygen atoms in total. The molecule has 0 unspecified atom stereocenters. The first-order chi connectivity index (χ1) is 6.34. The summed E-state index contributed by atoms with van der Waals surface area (Å²) in [7, 11) is 0. The van der Waals surface area contributed by atoms with Crippen molar-refractivity contribution in [3.63, 3.8) is 0 Å². The summed E-state index contributed by atoms with van der Waals surface area (Å²) in [6, 6.07) is 4.15. The molecule has 1 aromatic heterocycles. The Morgan fingerprint density at radius 3 is 2.79 bits per heavy atom. The number of nitrogens with two attached hydrogens (primary N) is 1. The molecule has 0 aliphatic heterocycles. The minimum absolute atomic E-state index is 0. The number of rotatable bonds is 5. The Hall–Kier alpha value is -0.600. The average Bonchev–Trinajstić information content (AvgIpc) is 2.19. The lowest BCUT2D eigenvalue weighted by atomic mass is 10.0. The van der Waals surface area contributed by atoms with Crippen molar-refractivity contribution in [3.05, 3.63) is 30.1 Å². The van der Waals surface area contributed by atoms with E-state index in [-0.39, 0.29) is 18.4 Å². The predicted octanol–water partition coefficient (Wildman–Crippen LogP) is 3.08. The van der Waals surface area contributed by atoms with E-state index in [1.165, 1.54) is 19.3 Å². The lowest BCUT2D eigenvalue weighted by Crippen LogP contribution is -2.10. The van der Waals surface area contributed by atoms with Crippen molar-refractivity contribution in [1.29, 1.82) is 0 Å². The van der Waals surface area contributed by atoms with Gasteiger partial charge < -0.3 is 5.73 Å². The van der Waals surface area contributed by atoms with Crippen LogP contribution in [0.5, 0.6) is 0 Å². The van der Waals surface area contributed by atoms with Crippen LogP contribution in [0.15, 0.2) is 24.5 Å². The van der Waals surface area contributed by atoms with Crippen molar-refractivity contribution in [2.24, 2.45) is 5.73 Å². The molecular weight excluding hydrogens is 196 g/mol. The zero-order valence-electron chi connectivity index (χ0n) is 8.65. The van der Waals surface area contributed by atoms with E-state index in [1.807, 2.05) is 18.3 Å². The molecule has 0 aromatic carbocycles. The topological polar surface area (TPSA) is 38.9 Å². The molecule has 0 amide bonds. The minimum atomic E-state index is 0. The molecular formula is C11H19ClN2. The summed E-state index contributed by atoms with van der Waals surface area (Å²) in [5.74, 6) is 0. The third-order valence-electron chi connectivity index (χ3n) is 2.23. The molecule has 1 atom stereocenters. The quantitative estimate of drug-likeness (QED) is 0.766. The van der Waals surface area contributed by atoms with Crippen LogP contribution in [0.4, 0.5) is 0 Å². The van der Waals surface area contributed by atoms with E-state index in [9.17, 15) is 0 Å². The molecule has 1 aromatic rings. The van der Waals surface area contributed by atoms with Gasteiger partial charge in [0.25, 0.3) is 0 Å². The molecule has 1 rings (SSSR count). The van der Waals surface area contributed by atoms with Crippen molar-refractivity contribution >= 4 is 12.4 Å². The number of aromatic nitrogens is 1. The molecule has 0 radical (unpaired) electrons. The fraction of sp³-hybridized carbons (Fsp3) is 0.545. The smallest absolute Gasteiger partial charge is 0.0315 e. The van der Waals surface area contributed by atoms with E-state index in [1.54, 1.807) is 6.20 Å².